The van der Waals surface area contributed by atoms with Gasteiger partial charge in [0.15, 0.2) is 0 Å². The molecule has 2 nitrogen and oxygen atoms in total. The smallest absolute Gasteiger partial charge is 0.0278 e. The highest BCUT2D eigenvalue weighted by Gasteiger charge is 2.46. The molecule has 2 N–H and O–H groups in total. The SMILES string of the molecule is CCSCC1(NC(C)(C)CCSCC2(NC(C)(C)C)CC2)CC1. The topological polar surface area (TPSA) is 24.1 Å². The minimum absolute atomic E-state index is 0.243. The second-order valence-corrected chi connectivity index (χ2v) is 11.8. The summed E-state index contributed by atoms with van der Waals surface area (Å²) in [6.45, 7) is 13.9. The number of thioether (sulfide) groups is 2. The van der Waals surface area contributed by atoms with Crippen molar-refractivity contribution in [3.8, 4) is 0 Å². The minimum Gasteiger partial charge on any atom is -0.306 e. The first-order chi connectivity index (χ1) is 10.6. The Labute approximate surface area is 153 Å². The van der Waals surface area contributed by atoms with Gasteiger partial charge in [0.25, 0.3) is 0 Å². The molecule has 2 rings (SSSR count). The van der Waals surface area contributed by atoms with E-state index in [0.29, 0.717) is 11.1 Å². The van der Waals surface area contributed by atoms with E-state index >= 15 is 0 Å². The average molecular weight is 359 g/mol. The van der Waals surface area contributed by atoms with Crippen molar-refractivity contribution in [2.45, 2.75) is 95.8 Å². The van der Waals surface area contributed by atoms with Gasteiger partial charge in [-0.25, -0.2) is 0 Å². The van der Waals surface area contributed by atoms with Gasteiger partial charge in [0.1, 0.15) is 0 Å². The first-order valence-corrected chi connectivity index (χ1v) is 11.6. The first kappa shape index (κ1) is 19.9. The third-order valence-electron chi connectivity index (χ3n) is 4.78. The molecule has 0 aromatic heterocycles. The lowest BCUT2D eigenvalue weighted by Gasteiger charge is -2.33. The van der Waals surface area contributed by atoms with Crippen molar-refractivity contribution in [1.29, 1.82) is 0 Å². The van der Waals surface area contributed by atoms with E-state index in [0.717, 1.165) is 0 Å². The third-order valence-corrected chi connectivity index (χ3v) is 7.20. The van der Waals surface area contributed by atoms with Crippen LogP contribution in [0.15, 0.2) is 0 Å². The molecule has 2 aliphatic carbocycles. The Morgan fingerprint density at radius 3 is 1.83 bits per heavy atom. The predicted octanol–water partition coefficient (Wildman–Crippen LogP) is 4.68. The van der Waals surface area contributed by atoms with Crippen molar-refractivity contribution in [2.75, 3.05) is 23.0 Å². The van der Waals surface area contributed by atoms with E-state index in [2.05, 4.69) is 75.7 Å². The summed E-state index contributed by atoms with van der Waals surface area (Å²) in [6.07, 6.45) is 6.72. The van der Waals surface area contributed by atoms with Gasteiger partial charge < -0.3 is 10.6 Å². The zero-order valence-electron chi connectivity index (χ0n) is 16.2. The Hall–Kier alpha value is 0.620. The molecule has 2 aliphatic rings. The third kappa shape index (κ3) is 7.17. The molecule has 2 saturated carbocycles. The van der Waals surface area contributed by atoms with Crippen LogP contribution in [0.2, 0.25) is 0 Å². The summed E-state index contributed by atoms with van der Waals surface area (Å²) in [4.78, 5) is 0. The molecular weight excluding hydrogens is 320 g/mol. The molecule has 2 fully saturated rings. The van der Waals surface area contributed by atoms with Crippen LogP contribution in [0.3, 0.4) is 0 Å². The highest BCUT2D eigenvalue weighted by atomic mass is 32.2. The van der Waals surface area contributed by atoms with Gasteiger partial charge in [-0.1, -0.05) is 6.92 Å². The zero-order valence-corrected chi connectivity index (χ0v) is 17.8. The maximum absolute atomic E-state index is 3.98. The number of nitrogens with one attached hydrogen (secondary N) is 2. The Balaban J connectivity index is 1.65. The molecule has 0 aliphatic heterocycles. The van der Waals surface area contributed by atoms with Crippen LogP contribution in [0.25, 0.3) is 0 Å². The summed E-state index contributed by atoms with van der Waals surface area (Å²) in [5.74, 6) is 5.07. The Kier molecular flexibility index (Phi) is 6.48. The van der Waals surface area contributed by atoms with Crippen molar-refractivity contribution in [3.05, 3.63) is 0 Å². The highest BCUT2D eigenvalue weighted by Crippen LogP contribution is 2.42. The lowest BCUT2D eigenvalue weighted by Crippen LogP contribution is -2.49. The van der Waals surface area contributed by atoms with Gasteiger partial charge >= 0.3 is 0 Å². The second-order valence-electron chi connectivity index (χ2n) is 9.38. The molecule has 0 radical (unpaired) electrons. The normalized spacial score (nSPS) is 22.2. The van der Waals surface area contributed by atoms with Crippen LogP contribution < -0.4 is 10.6 Å². The van der Waals surface area contributed by atoms with E-state index in [1.807, 2.05) is 0 Å². The summed E-state index contributed by atoms with van der Waals surface area (Å²) in [5.41, 5.74) is 1.41. The molecule has 0 saturated heterocycles. The molecule has 0 atom stereocenters. The molecule has 0 bridgehead atoms. The Morgan fingerprint density at radius 2 is 1.35 bits per heavy atom. The molecule has 0 heterocycles. The Bertz CT molecular complexity index is 379. The minimum atomic E-state index is 0.243. The van der Waals surface area contributed by atoms with Crippen LogP contribution in [0.1, 0.15) is 73.6 Å². The van der Waals surface area contributed by atoms with Crippen LogP contribution in [-0.2, 0) is 0 Å². The number of hydrogen-bond donors (Lipinski definition) is 2. The molecule has 136 valence electrons. The predicted molar refractivity (Wildman–Crippen MR) is 109 cm³/mol. The van der Waals surface area contributed by atoms with E-state index < -0.39 is 0 Å². The maximum atomic E-state index is 3.98. The molecule has 0 amide bonds. The second kappa shape index (κ2) is 7.47. The van der Waals surface area contributed by atoms with E-state index in [9.17, 15) is 0 Å². The largest absolute Gasteiger partial charge is 0.306 e. The zero-order chi connectivity index (χ0) is 17.2. The molecule has 0 aromatic rings. The van der Waals surface area contributed by atoms with Crippen molar-refractivity contribution in [1.82, 2.24) is 10.6 Å². The van der Waals surface area contributed by atoms with Crippen LogP contribution in [0.4, 0.5) is 0 Å². The van der Waals surface area contributed by atoms with Crippen LogP contribution in [0, 0.1) is 0 Å². The summed E-state index contributed by atoms with van der Waals surface area (Å²) in [7, 11) is 0. The lowest BCUT2D eigenvalue weighted by atomic mass is 10.00. The summed E-state index contributed by atoms with van der Waals surface area (Å²) in [6, 6.07) is 0. The van der Waals surface area contributed by atoms with Crippen molar-refractivity contribution in [2.24, 2.45) is 0 Å². The van der Waals surface area contributed by atoms with E-state index in [1.54, 1.807) is 0 Å². The molecule has 0 aromatic carbocycles. The van der Waals surface area contributed by atoms with E-state index in [-0.39, 0.29) is 11.1 Å². The Morgan fingerprint density at radius 1 is 0.826 bits per heavy atom. The molecule has 0 spiro atoms. The van der Waals surface area contributed by atoms with Crippen molar-refractivity contribution >= 4 is 23.5 Å². The van der Waals surface area contributed by atoms with Gasteiger partial charge in [0.05, 0.1) is 0 Å². The monoisotopic (exact) mass is 358 g/mol. The van der Waals surface area contributed by atoms with Gasteiger partial charge in [-0.05, 0) is 78.2 Å². The fraction of sp³-hybridized carbons (Fsp3) is 1.00. The van der Waals surface area contributed by atoms with Crippen molar-refractivity contribution in [3.63, 3.8) is 0 Å². The summed E-state index contributed by atoms with van der Waals surface area (Å²) >= 11 is 4.23. The summed E-state index contributed by atoms with van der Waals surface area (Å²) in [5, 5.41) is 7.82. The molecule has 0 unspecified atom stereocenters. The standard InChI is InChI=1S/C19H38N2S2/c1-7-22-14-19(10-11-19)21-17(5,6)12-13-23-15-18(8-9-18)20-16(2,3)4/h20-21H,7-15H2,1-6H3. The van der Waals surface area contributed by atoms with Gasteiger partial charge in [-0.2, -0.15) is 23.5 Å². The summed E-state index contributed by atoms with van der Waals surface area (Å²) < 4.78 is 0. The fourth-order valence-corrected chi connectivity index (χ4v) is 5.89. The molecular formula is C19H38N2S2. The number of hydrogen-bond acceptors (Lipinski definition) is 4. The van der Waals surface area contributed by atoms with Crippen molar-refractivity contribution < 1.29 is 0 Å². The van der Waals surface area contributed by atoms with Gasteiger partial charge in [0.2, 0.25) is 0 Å². The van der Waals surface area contributed by atoms with Gasteiger partial charge in [-0.3, -0.25) is 0 Å². The van der Waals surface area contributed by atoms with Crippen LogP contribution >= 0.6 is 23.5 Å². The molecule has 4 heteroatoms. The lowest BCUT2D eigenvalue weighted by molar-refractivity contribution is 0.328. The highest BCUT2D eigenvalue weighted by molar-refractivity contribution is 7.99. The van der Waals surface area contributed by atoms with Gasteiger partial charge in [-0.15, -0.1) is 0 Å². The van der Waals surface area contributed by atoms with E-state index in [4.69, 9.17) is 0 Å². The molecule has 23 heavy (non-hydrogen) atoms. The average Bonchev–Trinajstić information content (AvgIpc) is 3.31. The fourth-order valence-electron chi connectivity index (χ4n) is 3.38. The van der Waals surface area contributed by atoms with Crippen LogP contribution in [-0.4, -0.2) is 45.2 Å². The first-order valence-electron chi connectivity index (χ1n) is 9.34. The van der Waals surface area contributed by atoms with Gasteiger partial charge in [0, 0.05) is 33.7 Å². The maximum Gasteiger partial charge on any atom is 0.0278 e. The van der Waals surface area contributed by atoms with E-state index in [1.165, 1.54) is 55.1 Å². The van der Waals surface area contributed by atoms with Crippen LogP contribution in [0.5, 0.6) is 0 Å². The quantitative estimate of drug-likeness (QED) is 0.524. The number of rotatable bonds is 11.